The van der Waals surface area contributed by atoms with Gasteiger partial charge in [0.25, 0.3) is 5.91 Å². The van der Waals surface area contributed by atoms with E-state index in [0.717, 1.165) is 17.7 Å². The van der Waals surface area contributed by atoms with Crippen LogP contribution in [-0.4, -0.2) is 12.5 Å². The molecule has 3 nitrogen and oxygen atoms in total. The van der Waals surface area contributed by atoms with Gasteiger partial charge in [-0.25, -0.2) is 0 Å². The maximum Gasteiger partial charge on any atom is 0.253 e. The number of carbonyl (C=O) groups is 1. The van der Waals surface area contributed by atoms with Crippen molar-refractivity contribution in [2.45, 2.75) is 6.42 Å². The van der Waals surface area contributed by atoms with E-state index in [0.29, 0.717) is 20.8 Å². The number of benzene rings is 1. The first-order valence-electron chi connectivity index (χ1n) is 5.63. The summed E-state index contributed by atoms with van der Waals surface area (Å²) in [5, 5.41) is 2.81. The molecule has 1 aromatic heterocycles. The number of carbonyl (C=O) groups excluding carboxylic acids is 1. The lowest BCUT2D eigenvalue weighted by atomic mass is 10.1. The van der Waals surface area contributed by atoms with Crippen molar-refractivity contribution in [3.05, 3.63) is 50.1 Å². The van der Waals surface area contributed by atoms with Crippen LogP contribution in [-0.2, 0) is 6.42 Å². The zero-order valence-electron chi connectivity index (χ0n) is 9.95. The number of nitrogen functional groups attached to an aromatic ring is 1. The van der Waals surface area contributed by atoms with Crippen LogP contribution in [0.4, 0.5) is 5.69 Å². The number of hydrogen-bond acceptors (Lipinski definition) is 3. The summed E-state index contributed by atoms with van der Waals surface area (Å²) in [6, 6.07) is 9.14. The summed E-state index contributed by atoms with van der Waals surface area (Å²) in [6.07, 6.45) is 0.738. The molecule has 0 bridgehead atoms. The monoisotopic (exact) mass is 314 g/mol. The van der Waals surface area contributed by atoms with Crippen LogP contribution in [0.15, 0.2) is 30.3 Å². The minimum Gasteiger partial charge on any atom is -0.399 e. The molecule has 0 atom stereocenters. The number of rotatable bonds is 4. The second kappa shape index (κ2) is 6.28. The van der Waals surface area contributed by atoms with Gasteiger partial charge < -0.3 is 11.1 Å². The molecule has 100 valence electrons. The van der Waals surface area contributed by atoms with Crippen LogP contribution in [0.2, 0.25) is 8.67 Å². The van der Waals surface area contributed by atoms with E-state index < -0.39 is 0 Å². The van der Waals surface area contributed by atoms with Gasteiger partial charge in [-0.2, -0.15) is 0 Å². The highest BCUT2D eigenvalue weighted by Gasteiger charge is 2.13. The molecule has 3 N–H and O–H groups in total. The number of thiophene rings is 1. The van der Waals surface area contributed by atoms with Gasteiger partial charge in [0, 0.05) is 12.2 Å². The third-order valence-corrected chi connectivity index (χ3v) is 4.07. The highest BCUT2D eigenvalue weighted by molar-refractivity contribution is 7.20. The molecule has 1 aromatic carbocycles. The number of anilines is 1. The minimum atomic E-state index is -0.205. The van der Waals surface area contributed by atoms with Crippen molar-refractivity contribution in [2.24, 2.45) is 0 Å². The summed E-state index contributed by atoms with van der Waals surface area (Å²) in [4.78, 5) is 11.9. The van der Waals surface area contributed by atoms with Gasteiger partial charge in [0.1, 0.15) is 4.34 Å². The fourth-order valence-corrected chi connectivity index (χ4v) is 3.05. The topological polar surface area (TPSA) is 55.1 Å². The van der Waals surface area contributed by atoms with Crippen molar-refractivity contribution in [1.29, 1.82) is 0 Å². The fourth-order valence-electron chi connectivity index (χ4n) is 1.59. The van der Waals surface area contributed by atoms with E-state index in [1.807, 2.05) is 24.3 Å². The Hall–Kier alpha value is -1.23. The molecule has 0 spiro atoms. The second-order valence-electron chi connectivity index (χ2n) is 3.99. The molecule has 0 radical (unpaired) electrons. The molecule has 0 saturated heterocycles. The average Bonchev–Trinajstić information content (AvgIpc) is 2.71. The molecule has 2 rings (SSSR count). The Balaban J connectivity index is 1.87. The summed E-state index contributed by atoms with van der Waals surface area (Å²) in [5.41, 5.74) is 7.87. The summed E-state index contributed by atoms with van der Waals surface area (Å²) < 4.78 is 0.920. The maximum absolute atomic E-state index is 11.9. The van der Waals surface area contributed by atoms with Crippen LogP contribution in [0.25, 0.3) is 0 Å². The Morgan fingerprint density at radius 1 is 1.26 bits per heavy atom. The first-order valence-corrected chi connectivity index (χ1v) is 7.21. The predicted octanol–water partition coefficient (Wildman–Crippen LogP) is 3.61. The van der Waals surface area contributed by atoms with Gasteiger partial charge in [-0.1, -0.05) is 35.3 Å². The number of amides is 1. The molecule has 0 unspecified atom stereocenters. The molecule has 1 heterocycles. The van der Waals surface area contributed by atoms with Gasteiger partial charge in [0.2, 0.25) is 0 Å². The summed E-state index contributed by atoms with van der Waals surface area (Å²) in [7, 11) is 0. The number of nitrogens with two attached hydrogens (primary N) is 1. The Labute approximate surface area is 125 Å². The molecule has 6 heteroatoms. The number of nitrogens with one attached hydrogen (secondary N) is 1. The lowest BCUT2D eigenvalue weighted by molar-refractivity contribution is 0.0955. The highest BCUT2D eigenvalue weighted by atomic mass is 35.5. The van der Waals surface area contributed by atoms with Gasteiger partial charge in [-0.05, 0) is 30.2 Å². The standard InChI is InChI=1S/C13H12Cl2N2OS/c14-11-7-10(12(15)19-11)13(18)17-6-5-8-1-3-9(16)4-2-8/h1-4,7H,5-6,16H2,(H,17,18). The number of hydrogen-bond donors (Lipinski definition) is 2. The van der Waals surface area contributed by atoms with Crippen molar-refractivity contribution in [1.82, 2.24) is 5.32 Å². The molecular weight excluding hydrogens is 303 g/mol. The smallest absolute Gasteiger partial charge is 0.253 e. The van der Waals surface area contributed by atoms with Crippen LogP contribution < -0.4 is 11.1 Å². The van der Waals surface area contributed by atoms with Crippen LogP contribution in [0.3, 0.4) is 0 Å². The normalized spacial score (nSPS) is 10.4. The van der Waals surface area contributed by atoms with Crippen molar-refractivity contribution < 1.29 is 4.79 Å². The summed E-state index contributed by atoms with van der Waals surface area (Å²) >= 11 is 12.9. The third-order valence-electron chi connectivity index (χ3n) is 2.58. The van der Waals surface area contributed by atoms with Crippen LogP contribution in [0.1, 0.15) is 15.9 Å². The average molecular weight is 315 g/mol. The Morgan fingerprint density at radius 3 is 2.53 bits per heavy atom. The highest BCUT2D eigenvalue weighted by Crippen LogP contribution is 2.30. The van der Waals surface area contributed by atoms with Gasteiger partial charge in [0.05, 0.1) is 9.90 Å². The van der Waals surface area contributed by atoms with Crippen molar-refractivity contribution in [3.63, 3.8) is 0 Å². The van der Waals surface area contributed by atoms with Crippen LogP contribution in [0, 0.1) is 0 Å². The van der Waals surface area contributed by atoms with Crippen molar-refractivity contribution in [2.75, 3.05) is 12.3 Å². The van der Waals surface area contributed by atoms with Gasteiger partial charge in [0.15, 0.2) is 0 Å². The summed E-state index contributed by atoms with van der Waals surface area (Å²) in [5.74, 6) is -0.205. The van der Waals surface area contributed by atoms with Crippen LogP contribution in [0.5, 0.6) is 0 Å². The Kier molecular flexibility index (Phi) is 4.69. The van der Waals surface area contributed by atoms with Gasteiger partial charge in [-0.15, -0.1) is 11.3 Å². The maximum atomic E-state index is 11.9. The fraction of sp³-hybridized carbons (Fsp3) is 0.154. The molecule has 0 aliphatic heterocycles. The third kappa shape index (κ3) is 3.86. The molecule has 0 aliphatic carbocycles. The van der Waals surface area contributed by atoms with E-state index in [1.165, 1.54) is 11.3 Å². The molecule has 2 aromatic rings. The summed E-state index contributed by atoms with van der Waals surface area (Å²) in [6.45, 7) is 0.534. The van der Waals surface area contributed by atoms with Crippen LogP contribution >= 0.6 is 34.5 Å². The van der Waals surface area contributed by atoms with E-state index in [2.05, 4.69) is 5.32 Å². The van der Waals surface area contributed by atoms with E-state index in [4.69, 9.17) is 28.9 Å². The van der Waals surface area contributed by atoms with E-state index in [-0.39, 0.29) is 5.91 Å². The number of halogens is 2. The largest absolute Gasteiger partial charge is 0.399 e. The Bertz CT molecular complexity index is 581. The quantitative estimate of drug-likeness (QED) is 0.847. The molecule has 0 aliphatic rings. The van der Waals surface area contributed by atoms with Crippen molar-refractivity contribution in [3.8, 4) is 0 Å². The first-order chi connectivity index (χ1) is 9.06. The van der Waals surface area contributed by atoms with Crippen molar-refractivity contribution >= 4 is 46.1 Å². The van der Waals surface area contributed by atoms with E-state index in [9.17, 15) is 4.79 Å². The minimum absolute atomic E-state index is 0.205. The lowest BCUT2D eigenvalue weighted by Gasteiger charge is -2.05. The first kappa shape index (κ1) is 14.2. The molecule has 0 fully saturated rings. The zero-order chi connectivity index (χ0) is 13.8. The molecule has 0 saturated carbocycles. The van der Waals surface area contributed by atoms with E-state index in [1.54, 1.807) is 6.07 Å². The molecule has 19 heavy (non-hydrogen) atoms. The SMILES string of the molecule is Nc1ccc(CCNC(=O)c2cc(Cl)sc2Cl)cc1. The van der Waals surface area contributed by atoms with E-state index >= 15 is 0 Å². The zero-order valence-corrected chi connectivity index (χ0v) is 12.3. The predicted molar refractivity (Wildman–Crippen MR) is 81.2 cm³/mol. The lowest BCUT2D eigenvalue weighted by Crippen LogP contribution is -2.25. The Morgan fingerprint density at radius 2 is 1.95 bits per heavy atom. The molecule has 1 amide bonds. The molecular formula is C13H12Cl2N2OS. The van der Waals surface area contributed by atoms with Gasteiger partial charge in [-0.3, -0.25) is 4.79 Å². The van der Waals surface area contributed by atoms with Gasteiger partial charge >= 0.3 is 0 Å². The second-order valence-corrected chi connectivity index (χ2v) is 6.27.